The molecular weight excluding hydrogens is 354 g/mol. The maximum absolute atomic E-state index is 11.7. The minimum absolute atomic E-state index is 0.248. The summed E-state index contributed by atoms with van der Waals surface area (Å²) in [6.45, 7) is 2.30. The van der Waals surface area contributed by atoms with Gasteiger partial charge in [0.1, 0.15) is 5.75 Å². The molecule has 0 N–H and O–H groups in total. The molecule has 1 aromatic heterocycles. The number of hydrogen-bond acceptors (Lipinski definition) is 6. The van der Waals surface area contributed by atoms with Gasteiger partial charge < -0.3 is 9.47 Å². The topological polar surface area (TPSA) is 83.3 Å². The van der Waals surface area contributed by atoms with E-state index in [-0.39, 0.29) is 10.9 Å². The summed E-state index contributed by atoms with van der Waals surface area (Å²) < 4.78 is 35.5. The largest absolute Gasteiger partial charge is 0.497 e. The summed E-state index contributed by atoms with van der Waals surface area (Å²) in [5.41, 5.74) is 1.51. The predicted molar refractivity (Wildman–Crippen MR) is 97.6 cm³/mol. The minimum Gasteiger partial charge on any atom is -0.497 e. The van der Waals surface area contributed by atoms with Gasteiger partial charge in [0.15, 0.2) is 15.7 Å². The van der Waals surface area contributed by atoms with E-state index in [0.717, 1.165) is 11.3 Å². The van der Waals surface area contributed by atoms with Gasteiger partial charge in [-0.2, -0.15) is 4.98 Å². The summed E-state index contributed by atoms with van der Waals surface area (Å²) >= 11 is 0. The molecule has 0 fully saturated rings. The van der Waals surface area contributed by atoms with E-state index in [1.165, 1.54) is 6.26 Å². The van der Waals surface area contributed by atoms with E-state index in [1.807, 2.05) is 31.2 Å². The second-order valence-electron chi connectivity index (χ2n) is 5.56. The van der Waals surface area contributed by atoms with Crippen LogP contribution in [0.5, 0.6) is 11.8 Å². The molecule has 0 aliphatic rings. The first-order valence-corrected chi connectivity index (χ1v) is 9.86. The van der Waals surface area contributed by atoms with Crippen molar-refractivity contribution in [1.29, 1.82) is 0 Å². The summed E-state index contributed by atoms with van der Waals surface area (Å²) in [5, 5.41) is 4.38. The molecule has 7 nitrogen and oxygen atoms in total. The molecule has 0 bridgehead atoms. The van der Waals surface area contributed by atoms with Gasteiger partial charge in [-0.05, 0) is 55.5 Å². The van der Waals surface area contributed by atoms with Crippen LogP contribution in [0, 0.1) is 0 Å². The highest BCUT2D eigenvalue weighted by molar-refractivity contribution is 7.90. The average molecular weight is 373 g/mol. The predicted octanol–water partition coefficient (Wildman–Crippen LogP) is 2.75. The molecule has 0 saturated heterocycles. The van der Waals surface area contributed by atoms with Gasteiger partial charge in [0.25, 0.3) is 0 Å². The Morgan fingerprint density at radius 3 is 2.23 bits per heavy atom. The molecule has 3 aromatic rings. The SMILES string of the molecule is CCOc1nc(-c2ccc(OC)cc2)n(-c2ccc(S(C)(=O)=O)cc2)n1. The van der Waals surface area contributed by atoms with Gasteiger partial charge in [-0.15, -0.1) is 5.10 Å². The highest BCUT2D eigenvalue weighted by atomic mass is 32.2. The van der Waals surface area contributed by atoms with Crippen LogP contribution in [0.1, 0.15) is 6.92 Å². The summed E-state index contributed by atoms with van der Waals surface area (Å²) in [4.78, 5) is 4.69. The summed E-state index contributed by atoms with van der Waals surface area (Å²) in [6.07, 6.45) is 1.17. The van der Waals surface area contributed by atoms with Crippen LogP contribution in [0.3, 0.4) is 0 Å². The second kappa shape index (κ2) is 7.17. The fourth-order valence-corrected chi connectivity index (χ4v) is 3.06. The van der Waals surface area contributed by atoms with Gasteiger partial charge in [0, 0.05) is 11.8 Å². The summed E-state index contributed by atoms with van der Waals surface area (Å²) in [7, 11) is -1.65. The molecule has 1 heterocycles. The van der Waals surface area contributed by atoms with Crippen molar-refractivity contribution in [1.82, 2.24) is 14.8 Å². The van der Waals surface area contributed by atoms with Crippen molar-refractivity contribution in [2.24, 2.45) is 0 Å². The van der Waals surface area contributed by atoms with Gasteiger partial charge in [-0.25, -0.2) is 13.1 Å². The Morgan fingerprint density at radius 1 is 1.04 bits per heavy atom. The lowest BCUT2D eigenvalue weighted by Gasteiger charge is -2.07. The molecule has 3 rings (SSSR count). The zero-order chi connectivity index (χ0) is 18.7. The van der Waals surface area contributed by atoms with Crippen molar-refractivity contribution in [3.63, 3.8) is 0 Å². The van der Waals surface area contributed by atoms with Gasteiger partial charge >= 0.3 is 6.01 Å². The third-order valence-corrected chi connectivity index (χ3v) is 4.85. The number of sulfone groups is 1. The van der Waals surface area contributed by atoms with Crippen LogP contribution >= 0.6 is 0 Å². The summed E-state index contributed by atoms with van der Waals surface area (Å²) in [5.74, 6) is 1.32. The Morgan fingerprint density at radius 2 is 1.69 bits per heavy atom. The minimum atomic E-state index is -3.26. The van der Waals surface area contributed by atoms with Crippen LogP contribution in [0.15, 0.2) is 53.4 Å². The lowest BCUT2D eigenvalue weighted by atomic mass is 10.2. The van der Waals surface area contributed by atoms with Crippen molar-refractivity contribution in [2.45, 2.75) is 11.8 Å². The first-order valence-electron chi connectivity index (χ1n) is 7.97. The monoisotopic (exact) mass is 373 g/mol. The quantitative estimate of drug-likeness (QED) is 0.661. The van der Waals surface area contributed by atoms with Crippen LogP contribution < -0.4 is 9.47 Å². The van der Waals surface area contributed by atoms with Crippen molar-refractivity contribution in [2.75, 3.05) is 20.0 Å². The average Bonchev–Trinajstić information content (AvgIpc) is 3.05. The number of rotatable bonds is 6. The fourth-order valence-electron chi connectivity index (χ4n) is 2.42. The van der Waals surface area contributed by atoms with E-state index in [4.69, 9.17) is 9.47 Å². The lowest BCUT2D eigenvalue weighted by molar-refractivity contribution is 0.312. The molecule has 0 aliphatic carbocycles. The normalized spacial score (nSPS) is 11.3. The Hall–Kier alpha value is -2.87. The lowest BCUT2D eigenvalue weighted by Crippen LogP contribution is -2.02. The standard InChI is InChI=1S/C18H19N3O4S/c1-4-25-18-19-17(13-5-9-15(24-2)10-6-13)21(20-18)14-7-11-16(12-8-14)26(3,22)23/h5-12H,4H2,1-3H3. The highest BCUT2D eigenvalue weighted by Gasteiger charge is 2.15. The van der Waals surface area contributed by atoms with Crippen molar-refractivity contribution in [3.8, 4) is 28.8 Å². The van der Waals surface area contributed by atoms with E-state index < -0.39 is 9.84 Å². The van der Waals surface area contributed by atoms with Gasteiger partial charge in [-0.3, -0.25) is 0 Å². The maximum atomic E-state index is 11.7. The fraction of sp³-hybridized carbons (Fsp3) is 0.222. The number of hydrogen-bond donors (Lipinski definition) is 0. The van der Waals surface area contributed by atoms with Crippen LogP contribution in [0.4, 0.5) is 0 Å². The second-order valence-corrected chi connectivity index (χ2v) is 7.57. The number of methoxy groups -OCH3 is 1. The van der Waals surface area contributed by atoms with Crippen LogP contribution in [-0.4, -0.2) is 43.2 Å². The molecule has 0 atom stereocenters. The Kier molecular flexibility index (Phi) is 4.94. The summed E-state index contributed by atoms with van der Waals surface area (Å²) in [6, 6.07) is 14.1. The van der Waals surface area contributed by atoms with E-state index >= 15 is 0 Å². The Labute approximate surface area is 152 Å². The van der Waals surface area contributed by atoms with E-state index in [2.05, 4.69) is 10.1 Å². The molecule has 0 spiro atoms. The zero-order valence-corrected chi connectivity index (χ0v) is 15.5. The van der Waals surface area contributed by atoms with Crippen molar-refractivity contribution >= 4 is 9.84 Å². The molecule has 0 aliphatic heterocycles. The van der Waals surface area contributed by atoms with E-state index in [1.54, 1.807) is 36.1 Å². The molecule has 0 amide bonds. The first kappa shape index (κ1) is 17.9. The number of benzene rings is 2. The Balaban J connectivity index is 2.07. The molecule has 26 heavy (non-hydrogen) atoms. The van der Waals surface area contributed by atoms with Gasteiger partial charge in [0.05, 0.1) is 24.3 Å². The van der Waals surface area contributed by atoms with Crippen LogP contribution in [-0.2, 0) is 9.84 Å². The van der Waals surface area contributed by atoms with Crippen LogP contribution in [0.25, 0.3) is 17.1 Å². The zero-order valence-electron chi connectivity index (χ0n) is 14.7. The molecule has 136 valence electrons. The number of ether oxygens (including phenoxy) is 2. The molecule has 8 heteroatoms. The smallest absolute Gasteiger partial charge is 0.336 e. The molecule has 0 saturated carbocycles. The van der Waals surface area contributed by atoms with Crippen molar-refractivity contribution in [3.05, 3.63) is 48.5 Å². The van der Waals surface area contributed by atoms with E-state index in [9.17, 15) is 8.42 Å². The molecule has 2 aromatic carbocycles. The molecule has 0 unspecified atom stereocenters. The third-order valence-electron chi connectivity index (χ3n) is 3.72. The Bertz CT molecular complexity index is 994. The van der Waals surface area contributed by atoms with Gasteiger partial charge in [-0.1, -0.05) is 0 Å². The van der Waals surface area contributed by atoms with Crippen LogP contribution in [0.2, 0.25) is 0 Å². The molecular formula is C18H19N3O4S. The number of aromatic nitrogens is 3. The highest BCUT2D eigenvalue weighted by Crippen LogP contribution is 2.26. The van der Waals surface area contributed by atoms with Crippen molar-refractivity contribution < 1.29 is 17.9 Å². The maximum Gasteiger partial charge on any atom is 0.336 e. The third kappa shape index (κ3) is 3.70. The number of nitrogens with zero attached hydrogens (tertiary/aromatic N) is 3. The first-order chi connectivity index (χ1) is 12.4. The van der Waals surface area contributed by atoms with E-state index in [0.29, 0.717) is 18.1 Å². The van der Waals surface area contributed by atoms with Gasteiger partial charge in [0.2, 0.25) is 0 Å². The molecule has 0 radical (unpaired) electrons.